The summed E-state index contributed by atoms with van der Waals surface area (Å²) in [6, 6.07) is 0.300. The molecule has 3 heteroatoms. The lowest BCUT2D eigenvalue weighted by molar-refractivity contribution is -0.137. The molecule has 0 radical (unpaired) electrons. The quantitative estimate of drug-likeness (QED) is 0.718. The molecule has 2 fully saturated rings. The number of nitrogens with two attached hydrogens (primary N) is 1. The highest BCUT2D eigenvalue weighted by Gasteiger charge is 2.36. The van der Waals surface area contributed by atoms with Gasteiger partial charge in [0.1, 0.15) is 0 Å². The van der Waals surface area contributed by atoms with Gasteiger partial charge in [0.2, 0.25) is 0 Å². The van der Waals surface area contributed by atoms with Crippen LogP contribution in [0.15, 0.2) is 0 Å². The minimum absolute atomic E-state index is 0.257. The minimum atomic E-state index is -0.660. The van der Waals surface area contributed by atoms with Crippen LogP contribution in [0.1, 0.15) is 64.2 Å². The molecule has 0 aromatic heterocycles. The van der Waals surface area contributed by atoms with Gasteiger partial charge in [-0.3, -0.25) is 4.79 Å². The predicted molar refractivity (Wildman–Crippen MR) is 67.7 cm³/mol. The topological polar surface area (TPSA) is 63.3 Å². The van der Waals surface area contributed by atoms with Crippen molar-refractivity contribution in [2.45, 2.75) is 70.3 Å². The minimum Gasteiger partial charge on any atom is -0.481 e. The first-order valence-electron chi connectivity index (χ1n) is 7.07. The molecule has 0 aromatic carbocycles. The number of aliphatic carboxylic acids is 1. The van der Waals surface area contributed by atoms with E-state index in [0.29, 0.717) is 12.5 Å². The number of hydrogen-bond acceptors (Lipinski definition) is 2. The molecule has 2 aliphatic carbocycles. The molecular weight excluding hydrogens is 214 g/mol. The van der Waals surface area contributed by atoms with Crippen LogP contribution in [0.2, 0.25) is 0 Å². The van der Waals surface area contributed by atoms with E-state index in [1.807, 2.05) is 0 Å². The van der Waals surface area contributed by atoms with Gasteiger partial charge in [0, 0.05) is 12.5 Å². The van der Waals surface area contributed by atoms with E-state index in [-0.39, 0.29) is 5.41 Å². The molecule has 0 aromatic rings. The molecule has 2 rings (SSSR count). The molecular formula is C14H25NO2. The molecule has 98 valence electrons. The molecule has 3 nitrogen and oxygen atoms in total. The van der Waals surface area contributed by atoms with Crippen LogP contribution in [0, 0.1) is 11.3 Å². The summed E-state index contributed by atoms with van der Waals surface area (Å²) in [7, 11) is 0. The standard InChI is InChI=1S/C14H25NO2/c15-12(9-11-3-4-11)10-14(6-1-2-7-14)8-5-13(16)17/h11-12H,1-10,15H2,(H,16,17). The Kier molecular flexibility index (Phi) is 4.08. The fraction of sp³-hybridized carbons (Fsp3) is 0.929. The highest BCUT2D eigenvalue weighted by Crippen LogP contribution is 2.46. The lowest BCUT2D eigenvalue weighted by Gasteiger charge is -2.31. The Labute approximate surface area is 104 Å². The molecule has 3 N–H and O–H groups in total. The number of carboxylic acids is 1. The molecule has 0 heterocycles. The largest absolute Gasteiger partial charge is 0.481 e. The van der Waals surface area contributed by atoms with E-state index in [9.17, 15) is 4.79 Å². The summed E-state index contributed by atoms with van der Waals surface area (Å²) in [5.74, 6) is 0.218. The summed E-state index contributed by atoms with van der Waals surface area (Å²) in [5.41, 5.74) is 6.50. The Hall–Kier alpha value is -0.570. The Bertz CT molecular complexity index is 267. The summed E-state index contributed by atoms with van der Waals surface area (Å²) in [6.45, 7) is 0. The van der Waals surface area contributed by atoms with Gasteiger partial charge in [-0.15, -0.1) is 0 Å². The summed E-state index contributed by atoms with van der Waals surface area (Å²) >= 11 is 0. The Morgan fingerprint density at radius 1 is 1.35 bits per heavy atom. The zero-order valence-corrected chi connectivity index (χ0v) is 10.7. The van der Waals surface area contributed by atoms with E-state index in [1.54, 1.807) is 0 Å². The first-order valence-corrected chi connectivity index (χ1v) is 7.07. The van der Waals surface area contributed by atoms with E-state index in [1.165, 1.54) is 38.5 Å². The molecule has 2 saturated carbocycles. The predicted octanol–water partition coefficient (Wildman–Crippen LogP) is 2.93. The number of rotatable bonds is 7. The lowest BCUT2D eigenvalue weighted by Crippen LogP contribution is -2.31. The average Bonchev–Trinajstić information content (AvgIpc) is 2.94. The van der Waals surface area contributed by atoms with Crippen molar-refractivity contribution in [3.8, 4) is 0 Å². The van der Waals surface area contributed by atoms with Crippen LogP contribution < -0.4 is 5.73 Å². The Balaban J connectivity index is 1.83. The van der Waals surface area contributed by atoms with Crippen LogP contribution in [0.5, 0.6) is 0 Å². The van der Waals surface area contributed by atoms with E-state index in [0.717, 1.165) is 25.2 Å². The molecule has 0 saturated heterocycles. The Morgan fingerprint density at radius 3 is 2.53 bits per heavy atom. The van der Waals surface area contributed by atoms with Gasteiger partial charge in [-0.25, -0.2) is 0 Å². The van der Waals surface area contributed by atoms with Crippen molar-refractivity contribution in [2.24, 2.45) is 17.1 Å². The number of carboxylic acid groups (broad SMARTS) is 1. The van der Waals surface area contributed by atoms with Crippen molar-refractivity contribution >= 4 is 5.97 Å². The van der Waals surface area contributed by atoms with Gasteiger partial charge in [0.25, 0.3) is 0 Å². The average molecular weight is 239 g/mol. The molecule has 0 aliphatic heterocycles. The second-order valence-corrected chi connectivity index (χ2v) is 6.24. The normalized spacial score (nSPS) is 24.8. The summed E-state index contributed by atoms with van der Waals surface area (Å²) in [5, 5.41) is 8.85. The first-order chi connectivity index (χ1) is 8.10. The maximum Gasteiger partial charge on any atom is 0.303 e. The van der Waals surface area contributed by atoms with Crippen molar-refractivity contribution in [1.29, 1.82) is 0 Å². The molecule has 1 unspecified atom stereocenters. The van der Waals surface area contributed by atoms with Gasteiger partial charge in [-0.2, -0.15) is 0 Å². The van der Waals surface area contributed by atoms with Gasteiger partial charge in [-0.1, -0.05) is 25.7 Å². The van der Waals surface area contributed by atoms with E-state index in [4.69, 9.17) is 10.8 Å². The van der Waals surface area contributed by atoms with Gasteiger partial charge in [-0.05, 0) is 43.4 Å². The van der Waals surface area contributed by atoms with Crippen LogP contribution in [-0.4, -0.2) is 17.1 Å². The fourth-order valence-corrected chi connectivity index (χ4v) is 3.47. The maximum atomic E-state index is 10.7. The van der Waals surface area contributed by atoms with Gasteiger partial charge in [0.05, 0.1) is 0 Å². The van der Waals surface area contributed by atoms with Crippen LogP contribution in [0.4, 0.5) is 0 Å². The smallest absolute Gasteiger partial charge is 0.303 e. The van der Waals surface area contributed by atoms with Crippen molar-refractivity contribution in [2.75, 3.05) is 0 Å². The van der Waals surface area contributed by atoms with E-state index < -0.39 is 5.97 Å². The fourth-order valence-electron chi connectivity index (χ4n) is 3.47. The zero-order chi connectivity index (χ0) is 12.3. The van der Waals surface area contributed by atoms with Gasteiger partial charge < -0.3 is 10.8 Å². The van der Waals surface area contributed by atoms with Gasteiger partial charge >= 0.3 is 5.97 Å². The molecule has 0 amide bonds. The van der Waals surface area contributed by atoms with E-state index >= 15 is 0 Å². The third-order valence-corrected chi connectivity index (χ3v) is 4.56. The summed E-state index contributed by atoms with van der Waals surface area (Å²) in [4.78, 5) is 10.7. The van der Waals surface area contributed by atoms with Crippen LogP contribution in [-0.2, 0) is 4.79 Å². The second-order valence-electron chi connectivity index (χ2n) is 6.24. The van der Waals surface area contributed by atoms with Crippen molar-refractivity contribution in [1.82, 2.24) is 0 Å². The molecule has 0 spiro atoms. The second kappa shape index (κ2) is 5.38. The van der Waals surface area contributed by atoms with Crippen LogP contribution in [0.3, 0.4) is 0 Å². The van der Waals surface area contributed by atoms with Gasteiger partial charge in [0.15, 0.2) is 0 Å². The molecule has 0 bridgehead atoms. The van der Waals surface area contributed by atoms with Crippen LogP contribution >= 0.6 is 0 Å². The van der Waals surface area contributed by atoms with E-state index in [2.05, 4.69) is 0 Å². The highest BCUT2D eigenvalue weighted by molar-refractivity contribution is 5.66. The zero-order valence-electron chi connectivity index (χ0n) is 10.7. The monoisotopic (exact) mass is 239 g/mol. The number of carbonyl (C=O) groups is 1. The summed E-state index contributed by atoms with van der Waals surface area (Å²) in [6.07, 6.45) is 11.0. The third kappa shape index (κ3) is 3.98. The third-order valence-electron chi connectivity index (χ3n) is 4.56. The molecule has 17 heavy (non-hydrogen) atoms. The summed E-state index contributed by atoms with van der Waals surface area (Å²) < 4.78 is 0. The number of hydrogen-bond donors (Lipinski definition) is 2. The first kappa shape index (κ1) is 12.9. The lowest BCUT2D eigenvalue weighted by atomic mass is 9.75. The van der Waals surface area contributed by atoms with Crippen LogP contribution in [0.25, 0.3) is 0 Å². The van der Waals surface area contributed by atoms with Crippen molar-refractivity contribution in [3.05, 3.63) is 0 Å². The van der Waals surface area contributed by atoms with Crippen molar-refractivity contribution in [3.63, 3.8) is 0 Å². The maximum absolute atomic E-state index is 10.7. The molecule has 1 atom stereocenters. The van der Waals surface area contributed by atoms with Crippen molar-refractivity contribution < 1.29 is 9.90 Å². The highest BCUT2D eigenvalue weighted by atomic mass is 16.4. The SMILES string of the molecule is NC(CC1CC1)CC1(CCC(=O)O)CCCC1. The Morgan fingerprint density at radius 2 is 2.00 bits per heavy atom. The molecule has 2 aliphatic rings.